The second-order valence-electron chi connectivity index (χ2n) is 6.48. The van der Waals surface area contributed by atoms with E-state index in [2.05, 4.69) is 5.32 Å². The number of benzene rings is 2. The Bertz CT molecular complexity index is 866. The van der Waals surface area contributed by atoms with Crippen LogP contribution in [0.3, 0.4) is 0 Å². The van der Waals surface area contributed by atoms with Crippen molar-refractivity contribution in [2.45, 2.75) is 20.8 Å². The number of halogens is 2. The van der Waals surface area contributed by atoms with Crippen LogP contribution in [0, 0.1) is 26.6 Å². The van der Waals surface area contributed by atoms with Gasteiger partial charge in [0.05, 0.1) is 11.6 Å². The zero-order valence-corrected chi connectivity index (χ0v) is 16.5. The highest BCUT2D eigenvalue weighted by Crippen LogP contribution is 2.22. The Morgan fingerprint density at radius 3 is 2.41 bits per heavy atom. The number of hydrogen-bond donors (Lipinski definition) is 1. The number of aryl methyl sites for hydroxylation is 3. The molecule has 2 aromatic rings. The highest BCUT2D eigenvalue weighted by atomic mass is 35.5. The largest absolute Gasteiger partial charge is 0.333 e. The zero-order chi connectivity index (χ0) is 20.1. The fourth-order valence-electron chi connectivity index (χ4n) is 2.80. The molecule has 0 bridgehead atoms. The maximum Gasteiger partial charge on any atom is 0.246 e. The van der Waals surface area contributed by atoms with E-state index in [4.69, 9.17) is 11.6 Å². The SMILES string of the molecule is Cc1cc(C)c(NC(=O)CN(C)C(=O)/C=C/c2c(F)cccc2Cl)c(C)c1. The van der Waals surface area contributed by atoms with E-state index in [-0.39, 0.29) is 23.0 Å². The van der Waals surface area contributed by atoms with Gasteiger partial charge in [-0.1, -0.05) is 35.4 Å². The van der Waals surface area contributed by atoms with Crippen molar-refractivity contribution >= 4 is 35.2 Å². The van der Waals surface area contributed by atoms with E-state index in [9.17, 15) is 14.0 Å². The van der Waals surface area contributed by atoms with Gasteiger partial charge in [-0.05, 0) is 50.1 Å². The number of hydrogen-bond acceptors (Lipinski definition) is 2. The molecule has 0 aliphatic carbocycles. The van der Waals surface area contributed by atoms with Crippen LogP contribution in [0.15, 0.2) is 36.4 Å². The average Bonchev–Trinajstić information content (AvgIpc) is 2.57. The summed E-state index contributed by atoms with van der Waals surface area (Å²) in [5.41, 5.74) is 3.93. The molecule has 0 saturated carbocycles. The predicted octanol–water partition coefficient (Wildman–Crippen LogP) is 4.51. The number of anilines is 1. The van der Waals surface area contributed by atoms with Gasteiger partial charge in [-0.15, -0.1) is 0 Å². The van der Waals surface area contributed by atoms with Crippen molar-refractivity contribution in [2.75, 3.05) is 18.9 Å². The summed E-state index contributed by atoms with van der Waals surface area (Å²) in [6.07, 6.45) is 2.50. The van der Waals surface area contributed by atoms with Gasteiger partial charge in [0.25, 0.3) is 0 Å². The van der Waals surface area contributed by atoms with Crippen LogP contribution in [-0.4, -0.2) is 30.3 Å². The number of likely N-dealkylation sites (N-methyl/N-ethyl adjacent to an activating group) is 1. The van der Waals surface area contributed by atoms with Gasteiger partial charge in [-0.3, -0.25) is 9.59 Å². The molecule has 4 nitrogen and oxygen atoms in total. The number of carbonyl (C=O) groups excluding carboxylic acids is 2. The Morgan fingerprint density at radius 2 is 1.81 bits per heavy atom. The summed E-state index contributed by atoms with van der Waals surface area (Å²) in [5, 5.41) is 3.06. The second kappa shape index (κ2) is 8.82. The van der Waals surface area contributed by atoms with Gasteiger partial charge in [0.2, 0.25) is 11.8 Å². The van der Waals surface area contributed by atoms with E-state index < -0.39 is 11.7 Å². The topological polar surface area (TPSA) is 49.4 Å². The molecule has 0 saturated heterocycles. The minimum atomic E-state index is -0.516. The van der Waals surface area contributed by atoms with Crippen LogP contribution in [0.2, 0.25) is 5.02 Å². The lowest BCUT2D eigenvalue weighted by Gasteiger charge is -2.17. The van der Waals surface area contributed by atoms with Crippen LogP contribution < -0.4 is 5.32 Å². The lowest BCUT2D eigenvalue weighted by molar-refractivity contribution is -0.129. The van der Waals surface area contributed by atoms with Gasteiger partial charge in [-0.2, -0.15) is 0 Å². The maximum atomic E-state index is 13.7. The third-order valence-electron chi connectivity index (χ3n) is 4.09. The molecule has 6 heteroatoms. The van der Waals surface area contributed by atoms with Crippen LogP contribution in [-0.2, 0) is 9.59 Å². The van der Waals surface area contributed by atoms with Crippen LogP contribution in [0.5, 0.6) is 0 Å². The Kier molecular flexibility index (Phi) is 6.75. The van der Waals surface area contributed by atoms with Crippen molar-refractivity contribution < 1.29 is 14.0 Å². The van der Waals surface area contributed by atoms with Crippen LogP contribution in [0.1, 0.15) is 22.3 Å². The molecule has 27 heavy (non-hydrogen) atoms. The van der Waals surface area contributed by atoms with E-state index in [0.29, 0.717) is 0 Å². The molecule has 0 atom stereocenters. The first-order chi connectivity index (χ1) is 12.7. The first kappa shape index (κ1) is 20.6. The number of nitrogens with zero attached hydrogens (tertiary/aromatic N) is 1. The summed E-state index contributed by atoms with van der Waals surface area (Å²) in [4.78, 5) is 25.7. The zero-order valence-electron chi connectivity index (χ0n) is 15.8. The molecule has 0 heterocycles. The van der Waals surface area contributed by atoms with Crippen molar-refractivity contribution in [1.29, 1.82) is 0 Å². The van der Waals surface area contributed by atoms with E-state index in [0.717, 1.165) is 22.4 Å². The first-order valence-electron chi connectivity index (χ1n) is 8.44. The van der Waals surface area contributed by atoms with E-state index in [1.165, 1.54) is 42.3 Å². The fraction of sp³-hybridized carbons (Fsp3) is 0.238. The van der Waals surface area contributed by atoms with E-state index >= 15 is 0 Å². The lowest BCUT2D eigenvalue weighted by atomic mass is 10.1. The highest BCUT2D eigenvalue weighted by Gasteiger charge is 2.13. The van der Waals surface area contributed by atoms with Crippen molar-refractivity contribution in [2.24, 2.45) is 0 Å². The molecule has 142 valence electrons. The molecule has 0 radical (unpaired) electrons. The van der Waals surface area contributed by atoms with Gasteiger partial charge in [0, 0.05) is 24.4 Å². The molecule has 0 spiro atoms. The van der Waals surface area contributed by atoms with E-state index in [1.807, 2.05) is 32.9 Å². The molecular weight excluding hydrogens is 367 g/mol. The molecule has 0 unspecified atom stereocenters. The normalized spacial score (nSPS) is 10.9. The number of rotatable bonds is 5. The Balaban J connectivity index is 2.02. The molecule has 2 amide bonds. The van der Waals surface area contributed by atoms with Crippen molar-refractivity contribution in [3.8, 4) is 0 Å². The summed E-state index contributed by atoms with van der Waals surface area (Å²) in [6, 6.07) is 8.26. The van der Waals surface area contributed by atoms with Gasteiger partial charge in [0.1, 0.15) is 5.82 Å². The highest BCUT2D eigenvalue weighted by molar-refractivity contribution is 6.32. The average molecular weight is 389 g/mol. The summed E-state index contributed by atoms with van der Waals surface area (Å²) in [7, 11) is 1.50. The third kappa shape index (κ3) is 5.41. The molecule has 0 fully saturated rings. The minimum Gasteiger partial charge on any atom is -0.333 e. The fourth-order valence-corrected chi connectivity index (χ4v) is 3.03. The lowest BCUT2D eigenvalue weighted by Crippen LogP contribution is -2.34. The summed E-state index contributed by atoms with van der Waals surface area (Å²) in [5.74, 6) is -1.25. The Morgan fingerprint density at radius 1 is 1.19 bits per heavy atom. The monoisotopic (exact) mass is 388 g/mol. The summed E-state index contributed by atoms with van der Waals surface area (Å²) in [6.45, 7) is 5.71. The predicted molar refractivity (Wildman–Crippen MR) is 107 cm³/mol. The molecular formula is C21H22ClFN2O2. The Labute approximate surface area is 163 Å². The number of amides is 2. The quantitative estimate of drug-likeness (QED) is 0.766. The van der Waals surface area contributed by atoms with Crippen molar-refractivity contribution in [1.82, 2.24) is 4.90 Å². The smallest absolute Gasteiger partial charge is 0.246 e. The van der Waals surface area contributed by atoms with Gasteiger partial charge < -0.3 is 10.2 Å². The minimum absolute atomic E-state index is 0.124. The molecule has 2 aromatic carbocycles. The Hall–Kier alpha value is -2.66. The molecule has 0 aliphatic rings. The van der Waals surface area contributed by atoms with Gasteiger partial charge in [0.15, 0.2) is 0 Å². The molecule has 2 rings (SSSR count). The molecule has 0 aromatic heterocycles. The maximum absolute atomic E-state index is 13.7. The standard InChI is InChI=1S/C21H22ClFN2O2/c1-13-10-14(2)21(15(3)11-13)24-19(26)12-25(4)20(27)9-8-16-17(22)6-5-7-18(16)23/h5-11H,12H2,1-4H3,(H,24,26)/b9-8+. The molecule has 1 N–H and O–H groups in total. The van der Waals surface area contributed by atoms with Crippen LogP contribution in [0.4, 0.5) is 10.1 Å². The number of carbonyl (C=O) groups is 2. The van der Waals surface area contributed by atoms with Crippen molar-refractivity contribution in [3.05, 3.63) is 69.5 Å². The number of nitrogens with one attached hydrogen (secondary N) is 1. The van der Waals surface area contributed by atoms with Crippen LogP contribution in [0.25, 0.3) is 6.08 Å². The third-order valence-corrected chi connectivity index (χ3v) is 4.42. The summed E-state index contributed by atoms with van der Waals surface area (Å²) < 4.78 is 13.7. The second-order valence-corrected chi connectivity index (χ2v) is 6.89. The molecule has 0 aliphatic heterocycles. The van der Waals surface area contributed by atoms with Crippen molar-refractivity contribution in [3.63, 3.8) is 0 Å². The summed E-state index contributed by atoms with van der Waals surface area (Å²) >= 11 is 5.93. The van der Waals surface area contributed by atoms with E-state index in [1.54, 1.807) is 0 Å². The van der Waals surface area contributed by atoms with Gasteiger partial charge in [-0.25, -0.2) is 4.39 Å². The van der Waals surface area contributed by atoms with Gasteiger partial charge >= 0.3 is 0 Å². The van der Waals surface area contributed by atoms with Crippen LogP contribution >= 0.6 is 11.6 Å². The first-order valence-corrected chi connectivity index (χ1v) is 8.81.